The smallest absolute Gasteiger partial charge is 0.135 e. The van der Waals surface area contributed by atoms with E-state index in [1.807, 2.05) is 6.92 Å². The molecule has 1 spiro atoms. The number of ether oxygens (including phenoxy) is 1. The van der Waals surface area contributed by atoms with Gasteiger partial charge in [0.2, 0.25) is 0 Å². The summed E-state index contributed by atoms with van der Waals surface area (Å²) in [4.78, 5) is 11.4. The van der Waals surface area contributed by atoms with Crippen molar-refractivity contribution < 1.29 is 9.53 Å². The highest BCUT2D eigenvalue weighted by Crippen LogP contribution is 2.52. The van der Waals surface area contributed by atoms with Crippen molar-refractivity contribution in [3.8, 4) is 0 Å². The van der Waals surface area contributed by atoms with Gasteiger partial charge < -0.3 is 10.1 Å². The predicted octanol–water partition coefficient (Wildman–Crippen LogP) is 1.37. The Kier molecular flexibility index (Phi) is 2.86. The van der Waals surface area contributed by atoms with Crippen LogP contribution in [0.25, 0.3) is 0 Å². The Hall–Kier alpha value is -0.410. The van der Waals surface area contributed by atoms with Crippen LogP contribution >= 0.6 is 0 Å². The number of hydrogen-bond donors (Lipinski definition) is 1. The maximum absolute atomic E-state index is 11.4. The quantitative estimate of drug-likeness (QED) is 0.763. The van der Waals surface area contributed by atoms with Crippen molar-refractivity contribution >= 4 is 5.78 Å². The molecular formula is C12H21NO2. The lowest BCUT2D eigenvalue weighted by Gasteiger charge is -2.26. The van der Waals surface area contributed by atoms with Crippen LogP contribution in [0, 0.1) is 11.3 Å². The second-order valence-corrected chi connectivity index (χ2v) is 5.29. The molecule has 0 aromatic heterocycles. The number of nitrogens with one attached hydrogen (secondary N) is 1. The molecule has 0 bridgehead atoms. The van der Waals surface area contributed by atoms with E-state index in [1.165, 1.54) is 19.3 Å². The molecule has 0 amide bonds. The van der Waals surface area contributed by atoms with Crippen molar-refractivity contribution in [3.05, 3.63) is 0 Å². The van der Waals surface area contributed by atoms with Gasteiger partial charge in [0.1, 0.15) is 5.78 Å². The first-order valence-corrected chi connectivity index (χ1v) is 5.85. The maximum Gasteiger partial charge on any atom is 0.135 e. The summed E-state index contributed by atoms with van der Waals surface area (Å²) >= 11 is 0. The Bertz CT molecular complexity index is 260. The van der Waals surface area contributed by atoms with Crippen LogP contribution in [0.2, 0.25) is 0 Å². The third-order valence-electron chi connectivity index (χ3n) is 4.15. The van der Waals surface area contributed by atoms with Crippen molar-refractivity contribution in [2.24, 2.45) is 11.3 Å². The molecule has 86 valence electrons. The monoisotopic (exact) mass is 211 g/mol. The molecule has 1 heterocycles. The number of hydrogen-bond acceptors (Lipinski definition) is 3. The van der Waals surface area contributed by atoms with Crippen LogP contribution in [0.5, 0.6) is 0 Å². The molecule has 1 saturated carbocycles. The van der Waals surface area contributed by atoms with Gasteiger partial charge in [-0.15, -0.1) is 0 Å². The van der Waals surface area contributed by atoms with Crippen molar-refractivity contribution in [3.63, 3.8) is 0 Å². The SMILES string of the molecule is COC(C1CC2(CC2)CN1)C(C)C(C)=O. The van der Waals surface area contributed by atoms with E-state index in [0.717, 1.165) is 6.54 Å². The van der Waals surface area contributed by atoms with Crippen LogP contribution in [0.15, 0.2) is 0 Å². The molecule has 0 radical (unpaired) electrons. The van der Waals surface area contributed by atoms with Gasteiger partial charge in [-0.05, 0) is 31.6 Å². The van der Waals surface area contributed by atoms with E-state index >= 15 is 0 Å². The zero-order valence-electron chi connectivity index (χ0n) is 9.88. The molecular weight excluding hydrogens is 190 g/mol. The van der Waals surface area contributed by atoms with Crippen molar-refractivity contribution in [2.45, 2.75) is 45.3 Å². The first kappa shape index (κ1) is 11.1. The van der Waals surface area contributed by atoms with Crippen LogP contribution in [0.3, 0.4) is 0 Å². The Balaban J connectivity index is 1.97. The van der Waals surface area contributed by atoms with Gasteiger partial charge in [0.05, 0.1) is 6.10 Å². The molecule has 0 aromatic rings. The van der Waals surface area contributed by atoms with E-state index in [9.17, 15) is 4.79 Å². The minimum absolute atomic E-state index is 0.00130. The van der Waals surface area contributed by atoms with Gasteiger partial charge in [-0.25, -0.2) is 0 Å². The second kappa shape index (κ2) is 3.87. The second-order valence-electron chi connectivity index (χ2n) is 5.29. The summed E-state index contributed by atoms with van der Waals surface area (Å²) in [7, 11) is 1.71. The number of methoxy groups -OCH3 is 1. The number of carbonyl (C=O) groups is 1. The maximum atomic E-state index is 11.4. The standard InChI is InChI=1S/C12H21NO2/c1-8(9(2)14)11(15-3)10-6-12(4-5-12)7-13-10/h8,10-11,13H,4-7H2,1-3H3. The molecule has 3 nitrogen and oxygen atoms in total. The van der Waals surface area contributed by atoms with E-state index in [2.05, 4.69) is 5.32 Å². The number of carbonyl (C=O) groups excluding carboxylic acids is 1. The topological polar surface area (TPSA) is 38.3 Å². The molecule has 2 rings (SSSR count). The Labute approximate surface area is 91.6 Å². The van der Waals surface area contributed by atoms with Crippen LogP contribution in [-0.4, -0.2) is 31.6 Å². The highest BCUT2D eigenvalue weighted by atomic mass is 16.5. The lowest BCUT2D eigenvalue weighted by Crippen LogP contribution is -2.42. The van der Waals surface area contributed by atoms with Crippen molar-refractivity contribution in [2.75, 3.05) is 13.7 Å². The third-order valence-corrected chi connectivity index (χ3v) is 4.15. The summed E-state index contributed by atoms with van der Waals surface area (Å²) in [5.41, 5.74) is 0.567. The first-order chi connectivity index (χ1) is 7.08. The Morgan fingerprint density at radius 3 is 2.60 bits per heavy atom. The summed E-state index contributed by atoms with van der Waals surface area (Å²) in [6, 6.07) is 0.372. The highest BCUT2D eigenvalue weighted by Gasteiger charge is 2.50. The lowest BCUT2D eigenvalue weighted by atomic mass is 9.91. The fraction of sp³-hybridized carbons (Fsp3) is 0.917. The average Bonchev–Trinajstić information content (AvgIpc) is 2.81. The van der Waals surface area contributed by atoms with Gasteiger partial charge in [-0.3, -0.25) is 4.79 Å². The van der Waals surface area contributed by atoms with Gasteiger partial charge in [0.15, 0.2) is 0 Å². The molecule has 3 atom stereocenters. The summed E-state index contributed by atoms with van der Waals surface area (Å²) in [5, 5.41) is 3.52. The van der Waals surface area contributed by atoms with Crippen molar-refractivity contribution in [1.29, 1.82) is 0 Å². The molecule has 3 heteroatoms. The van der Waals surface area contributed by atoms with Crippen molar-refractivity contribution in [1.82, 2.24) is 5.32 Å². The zero-order valence-corrected chi connectivity index (χ0v) is 9.88. The van der Waals surface area contributed by atoms with E-state index in [4.69, 9.17) is 4.74 Å². The van der Waals surface area contributed by atoms with Gasteiger partial charge in [-0.2, -0.15) is 0 Å². The fourth-order valence-corrected chi connectivity index (χ4v) is 2.70. The van der Waals surface area contributed by atoms with Gasteiger partial charge >= 0.3 is 0 Å². The molecule has 1 aliphatic heterocycles. The molecule has 1 N–H and O–H groups in total. The predicted molar refractivity (Wildman–Crippen MR) is 58.7 cm³/mol. The van der Waals surface area contributed by atoms with Gasteiger partial charge in [-0.1, -0.05) is 6.92 Å². The van der Waals surface area contributed by atoms with Gasteiger partial charge in [0.25, 0.3) is 0 Å². The van der Waals surface area contributed by atoms with E-state index in [-0.39, 0.29) is 17.8 Å². The largest absolute Gasteiger partial charge is 0.379 e. The Morgan fingerprint density at radius 2 is 2.20 bits per heavy atom. The summed E-state index contributed by atoms with van der Waals surface area (Å²) < 4.78 is 5.50. The van der Waals surface area contributed by atoms with Crippen LogP contribution in [0.4, 0.5) is 0 Å². The van der Waals surface area contributed by atoms with E-state index in [1.54, 1.807) is 14.0 Å². The highest BCUT2D eigenvalue weighted by molar-refractivity contribution is 5.78. The van der Waals surface area contributed by atoms with E-state index in [0.29, 0.717) is 11.5 Å². The molecule has 15 heavy (non-hydrogen) atoms. The third kappa shape index (κ3) is 2.08. The Morgan fingerprint density at radius 1 is 1.53 bits per heavy atom. The van der Waals surface area contributed by atoms with Gasteiger partial charge in [0, 0.05) is 25.6 Å². The lowest BCUT2D eigenvalue weighted by molar-refractivity contribution is -0.125. The summed E-state index contributed by atoms with van der Waals surface area (Å²) in [5.74, 6) is 0.224. The molecule has 2 aliphatic rings. The molecule has 1 saturated heterocycles. The normalized spacial score (nSPS) is 31.5. The fourth-order valence-electron chi connectivity index (χ4n) is 2.70. The number of ketones is 1. The molecule has 2 fully saturated rings. The summed E-state index contributed by atoms with van der Waals surface area (Å²) in [6.07, 6.45) is 3.92. The van der Waals surface area contributed by atoms with Crippen LogP contribution in [-0.2, 0) is 9.53 Å². The number of rotatable bonds is 4. The number of Topliss-reactive ketones (excluding diaryl/α,β-unsaturated/α-hetero) is 1. The summed E-state index contributed by atoms with van der Waals surface area (Å²) in [6.45, 7) is 4.73. The molecule has 1 aliphatic carbocycles. The minimum atomic E-state index is 0.00130. The van der Waals surface area contributed by atoms with Crippen LogP contribution in [0.1, 0.15) is 33.1 Å². The van der Waals surface area contributed by atoms with E-state index < -0.39 is 0 Å². The minimum Gasteiger partial charge on any atom is -0.379 e. The average molecular weight is 211 g/mol. The molecule has 0 aromatic carbocycles. The zero-order chi connectivity index (χ0) is 11.1. The van der Waals surface area contributed by atoms with Crippen LogP contribution < -0.4 is 5.32 Å². The molecule has 3 unspecified atom stereocenters. The first-order valence-electron chi connectivity index (χ1n) is 5.85.